The van der Waals surface area contributed by atoms with Crippen molar-refractivity contribution in [2.24, 2.45) is 0 Å². The summed E-state index contributed by atoms with van der Waals surface area (Å²) in [5, 5.41) is 0. The predicted octanol–water partition coefficient (Wildman–Crippen LogP) is 0.479. The van der Waals surface area contributed by atoms with Gasteiger partial charge in [0, 0.05) is 32.7 Å². The molecule has 21 heavy (non-hydrogen) atoms. The van der Waals surface area contributed by atoms with Crippen molar-refractivity contribution in [3.8, 4) is 5.88 Å². The summed E-state index contributed by atoms with van der Waals surface area (Å²) in [5.74, 6) is 1.39. The van der Waals surface area contributed by atoms with Gasteiger partial charge >= 0.3 is 5.97 Å². The summed E-state index contributed by atoms with van der Waals surface area (Å²) >= 11 is 0. The van der Waals surface area contributed by atoms with Crippen molar-refractivity contribution in [2.75, 3.05) is 51.8 Å². The first-order valence-corrected chi connectivity index (χ1v) is 7.05. The Bertz CT molecular complexity index is 487. The number of rotatable bonds is 5. The van der Waals surface area contributed by atoms with Crippen LogP contribution in [0.2, 0.25) is 0 Å². The van der Waals surface area contributed by atoms with Crippen LogP contribution in [0.1, 0.15) is 12.0 Å². The summed E-state index contributed by atoms with van der Waals surface area (Å²) in [6.07, 6.45) is 1.97. The van der Waals surface area contributed by atoms with E-state index in [2.05, 4.69) is 24.5 Å². The topological polar surface area (TPSA) is 67.8 Å². The van der Waals surface area contributed by atoms with Gasteiger partial charge in [0.15, 0.2) is 0 Å². The van der Waals surface area contributed by atoms with Crippen LogP contribution in [0.25, 0.3) is 0 Å². The molecule has 1 saturated heterocycles. The summed E-state index contributed by atoms with van der Waals surface area (Å²) in [6.45, 7) is 6.28. The molecule has 0 atom stereocenters. The van der Waals surface area contributed by atoms with E-state index in [0.29, 0.717) is 12.3 Å². The van der Waals surface area contributed by atoms with Gasteiger partial charge in [-0.1, -0.05) is 0 Å². The second-order valence-electron chi connectivity index (χ2n) is 4.99. The fourth-order valence-electron chi connectivity index (χ4n) is 2.48. The number of anilines is 1. The zero-order chi connectivity index (χ0) is 15.2. The summed E-state index contributed by atoms with van der Waals surface area (Å²) in [5.41, 5.74) is 0.961. The molecule has 1 aromatic heterocycles. The van der Waals surface area contributed by atoms with E-state index in [1.165, 1.54) is 13.4 Å². The fourth-order valence-corrected chi connectivity index (χ4v) is 2.48. The van der Waals surface area contributed by atoms with Crippen LogP contribution >= 0.6 is 0 Å². The zero-order valence-electron chi connectivity index (χ0n) is 12.8. The molecule has 0 unspecified atom stereocenters. The zero-order valence-corrected chi connectivity index (χ0v) is 12.8. The second-order valence-corrected chi connectivity index (χ2v) is 4.99. The van der Waals surface area contributed by atoms with Crippen LogP contribution in [0.4, 0.5) is 5.82 Å². The van der Waals surface area contributed by atoms with Crippen molar-refractivity contribution in [2.45, 2.75) is 13.3 Å². The van der Waals surface area contributed by atoms with E-state index in [-0.39, 0.29) is 5.97 Å². The maximum absolute atomic E-state index is 11.2. The lowest BCUT2D eigenvalue weighted by Crippen LogP contribution is -2.47. The molecule has 1 aliphatic rings. The fraction of sp³-hybridized carbons (Fsp3) is 0.643. The monoisotopic (exact) mass is 294 g/mol. The molecule has 116 valence electrons. The Morgan fingerprint density at radius 3 is 2.57 bits per heavy atom. The number of hydrogen-bond acceptors (Lipinski definition) is 7. The molecule has 2 heterocycles. The van der Waals surface area contributed by atoms with Gasteiger partial charge in [0.05, 0.1) is 26.2 Å². The third-order valence-corrected chi connectivity index (χ3v) is 3.74. The lowest BCUT2D eigenvalue weighted by Gasteiger charge is -2.35. The van der Waals surface area contributed by atoms with E-state index in [4.69, 9.17) is 4.74 Å². The molecule has 0 N–H and O–H groups in total. The molecular weight excluding hydrogens is 272 g/mol. The Hall–Kier alpha value is -1.89. The molecule has 1 fully saturated rings. The van der Waals surface area contributed by atoms with Gasteiger partial charge < -0.3 is 14.4 Å². The smallest absolute Gasteiger partial charge is 0.306 e. The molecule has 0 spiro atoms. The third-order valence-electron chi connectivity index (χ3n) is 3.74. The number of aromatic nitrogens is 2. The molecule has 0 radical (unpaired) electrons. The molecule has 1 aliphatic heterocycles. The van der Waals surface area contributed by atoms with Crippen molar-refractivity contribution >= 4 is 11.8 Å². The molecule has 2 rings (SSSR count). The van der Waals surface area contributed by atoms with Gasteiger partial charge in [0.25, 0.3) is 0 Å². The number of esters is 1. The first-order valence-electron chi connectivity index (χ1n) is 7.05. The van der Waals surface area contributed by atoms with Gasteiger partial charge in [-0.3, -0.25) is 9.69 Å². The highest BCUT2D eigenvalue weighted by molar-refractivity contribution is 5.69. The summed E-state index contributed by atoms with van der Waals surface area (Å²) < 4.78 is 9.90. The van der Waals surface area contributed by atoms with E-state index in [9.17, 15) is 4.79 Å². The number of carbonyl (C=O) groups excluding carboxylic acids is 1. The Morgan fingerprint density at radius 1 is 1.24 bits per heavy atom. The molecular formula is C14H22N4O3. The average molecular weight is 294 g/mol. The highest BCUT2D eigenvalue weighted by Crippen LogP contribution is 2.24. The SMILES string of the molecule is COC(=O)CCN1CCN(c2ncnc(OC)c2C)CC1. The van der Waals surface area contributed by atoms with Gasteiger partial charge in [-0.2, -0.15) is 0 Å². The van der Waals surface area contributed by atoms with Crippen LogP contribution in [-0.4, -0.2) is 67.8 Å². The maximum Gasteiger partial charge on any atom is 0.306 e. The van der Waals surface area contributed by atoms with Gasteiger partial charge in [0.2, 0.25) is 5.88 Å². The largest absolute Gasteiger partial charge is 0.481 e. The van der Waals surface area contributed by atoms with E-state index in [1.54, 1.807) is 7.11 Å². The Balaban J connectivity index is 1.91. The van der Waals surface area contributed by atoms with Crippen molar-refractivity contribution in [1.82, 2.24) is 14.9 Å². The summed E-state index contributed by atoms with van der Waals surface area (Å²) in [7, 11) is 3.04. The Labute approximate surface area is 124 Å². The maximum atomic E-state index is 11.2. The molecule has 0 saturated carbocycles. The standard InChI is InChI=1S/C14H22N4O3/c1-11-13(15-10-16-14(11)21-3)18-8-6-17(7-9-18)5-4-12(19)20-2/h10H,4-9H2,1-3H3. The number of ether oxygens (including phenoxy) is 2. The van der Waals surface area contributed by atoms with Crippen LogP contribution in [0.15, 0.2) is 6.33 Å². The first-order chi connectivity index (χ1) is 10.2. The van der Waals surface area contributed by atoms with Crippen molar-refractivity contribution in [3.05, 3.63) is 11.9 Å². The van der Waals surface area contributed by atoms with Crippen LogP contribution in [-0.2, 0) is 9.53 Å². The van der Waals surface area contributed by atoms with Crippen LogP contribution in [0, 0.1) is 6.92 Å². The van der Waals surface area contributed by atoms with Gasteiger partial charge in [-0.15, -0.1) is 0 Å². The van der Waals surface area contributed by atoms with Crippen molar-refractivity contribution in [1.29, 1.82) is 0 Å². The number of carbonyl (C=O) groups is 1. The van der Waals surface area contributed by atoms with Crippen molar-refractivity contribution < 1.29 is 14.3 Å². The number of nitrogens with zero attached hydrogens (tertiary/aromatic N) is 4. The minimum atomic E-state index is -0.159. The molecule has 0 amide bonds. The quantitative estimate of drug-likeness (QED) is 0.732. The van der Waals surface area contributed by atoms with E-state index in [1.807, 2.05) is 6.92 Å². The molecule has 0 aromatic carbocycles. The number of methoxy groups -OCH3 is 2. The highest BCUT2D eigenvalue weighted by atomic mass is 16.5. The lowest BCUT2D eigenvalue weighted by atomic mass is 10.2. The van der Waals surface area contributed by atoms with Gasteiger partial charge in [-0.05, 0) is 6.92 Å². The second kappa shape index (κ2) is 7.21. The van der Waals surface area contributed by atoms with Crippen LogP contribution in [0.3, 0.4) is 0 Å². The third kappa shape index (κ3) is 3.81. The molecule has 1 aromatic rings. The Morgan fingerprint density at radius 2 is 1.95 bits per heavy atom. The van der Waals surface area contributed by atoms with E-state index >= 15 is 0 Å². The summed E-state index contributed by atoms with van der Waals surface area (Å²) in [6, 6.07) is 0. The Kier molecular flexibility index (Phi) is 5.32. The summed E-state index contributed by atoms with van der Waals surface area (Å²) in [4.78, 5) is 24.1. The molecule has 0 bridgehead atoms. The van der Waals surface area contributed by atoms with Crippen LogP contribution in [0.5, 0.6) is 5.88 Å². The minimum absolute atomic E-state index is 0.159. The molecule has 0 aliphatic carbocycles. The normalized spacial score (nSPS) is 15.9. The highest BCUT2D eigenvalue weighted by Gasteiger charge is 2.21. The number of piperazine rings is 1. The average Bonchev–Trinajstić information content (AvgIpc) is 2.53. The molecule has 7 heteroatoms. The van der Waals surface area contributed by atoms with Crippen molar-refractivity contribution in [3.63, 3.8) is 0 Å². The lowest BCUT2D eigenvalue weighted by molar-refractivity contribution is -0.141. The predicted molar refractivity (Wildman–Crippen MR) is 78.6 cm³/mol. The van der Waals surface area contributed by atoms with E-state index in [0.717, 1.165) is 44.1 Å². The van der Waals surface area contributed by atoms with Crippen LogP contribution < -0.4 is 9.64 Å². The number of hydrogen-bond donors (Lipinski definition) is 0. The minimum Gasteiger partial charge on any atom is -0.481 e. The molecule has 7 nitrogen and oxygen atoms in total. The first kappa shape index (κ1) is 15.5. The van der Waals surface area contributed by atoms with E-state index < -0.39 is 0 Å². The van der Waals surface area contributed by atoms with Gasteiger partial charge in [0.1, 0.15) is 12.1 Å². The van der Waals surface area contributed by atoms with Gasteiger partial charge in [-0.25, -0.2) is 9.97 Å².